The van der Waals surface area contributed by atoms with Gasteiger partial charge in [0, 0.05) is 6.92 Å². The van der Waals surface area contributed by atoms with Crippen LogP contribution in [0.5, 0.6) is 0 Å². The normalized spacial score (nSPS) is 18.9. The summed E-state index contributed by atoms with van der Waals surface area (Å²) in [5.41, 5.74) is 0. The van der Waals surface area contributed by atoms with E-state index in [1.165, 1.54) is 0 Å². The van der Waals surface area contributed by atoms with Crippen LogP contribution in [0.1, 0.15) is 13.8 Å². The number of quaternary nitrogens is 1. The van der Waals surface area contributed by atoms with Gasteiger partial charge in [0.05, 0.1) is 27.7 Å². The molecule has 0 radical (unpaired) electrons. The van der Waals surface area contributed by atoms with E-state index in [0.717, 1.165) is 11.1 Å². The summed E-state index contributed by atoms with van der Waals surface area (Å²) in [6.07, 6.45) is 0.301. The molecule has 0 aliphatic heterocycles. The second-order valence-corrected chi connectivity index (χ2v) is 6.05. The van der Waals surface area contributed by atoms with Gasteiger partial charge >= 0.3 is 33.0 Å². The first kappa shape index (κ1) is 18.3. The Morgan fingerprint density at radius 1 is 1.00 bits per heavy atom. The molecule has 0 aliphatic rings. The van der Waals surface area contributed by atoms with Crippen molar-refractivity contribution in [3.63, 3.8) is 0 Å². The first-order valence-electron chi connectivity index (χ1n) is 4.42. The molecule has 0 aromatic rings. The predicted octanol–water partition coefficient (Wildman–Crippen LogP) is 4.46. The third kappa shape index (κ3) is 29.2. The van der Waals surface area contributed by atoms with Crippen molar-refractivity contribution in [2.75, 3.05) is 27.7 Å². The molecule has 2 nitrogen and oxygen atoms in total. The van der Waals surface area contributed by atoms with Gasteiger partial charge in [-0.05, 0) is 6.92 Å². The Kier molecular flexibility index (Phi) is 4.93. The van der Waals surface area contributed by atoms with Crippen LogP contribution in [0.3, 0.4) is 0 Å². The van der Waals surface area contributed by atoms with Gasteiger partial charge in [-0.15, -0.1) is 0 Å². The zero-order chi connectivity index (χ0) is 13.9. The summed E-state index contributed by atoms with van der Waals surface area (Å²) in [4.78, 5) is 0. The van der Waals surface area contributed by atoms with Crippen LogP contribution < -0.4 is 0 Å². The summed E-state index contributed by atoms with van der Waals surface area (Å²) < 4.78 is 65.4. The molecule has 0 aliphatic carbocycles. The van der Waals surface area contributed by atoms with E-state index in [-0.39, 0.29) is 0 Å². The van der Waals surface area contributed by atoms with Gasteiger partial charge in [-0.25, -0.2) is 0 Å². The van der Waals surface area contributed by atoms with E-state index in [0.29, 0.717) is 6.23 Å². The Balaban J connectivity index is 0. The van der Waals surface area contributed by atoms with Crippen molar-refractivity contribution in [2.24, 2.45) is 0 Å². The Morgan fingerprint density at radius 2 is 1.25 bits per heavy atom. The summed E-state index contributed by atoms with van der Waals surface area (Å²) in [6.45, 7) is 4.91. The van der Waals surface area contributed by atoms with E-state index in [1.807, 2.05) is 6.92 Å². The fraction of sp³-hybridized carbons (Fsp3) is 1.00. The fourth-order valence-corrected chi connectivity index (χ4v) is 0.465. The van der Waals surface area contributed by atoms with Gasteiger partial charge in [0.25, 0.3) is 0 Å². The molecule has 0 aromatic carbocycles. The van der Waals surface area contributed by atoms with E-state index in [9.17, 15) is 25.2 Å². The van der Waals surface area contributed by atoms with E-state index in [1.54, 1.807) is 0 Å². The number of nitrogens with zero attached hydrogens (tertiary/aromatic N) is 1. The Bertz CT molecular complexity index is 205. The standard InChI is InChI=1S/C7H18NO.F6P/c1-6-9-7(2)8(3,4)5;1-7(2,3,4,5)6/h7H,6H2,1-5H3;/q+1;-1. The Hall–Kier alpha value is -0.0700. The second-order valence-electron chi connectivity index (χ2n) is 4.13. The summed E-state index contributed by atoms with van der Waals surface area (Å²) in [6, 6.07) is 0. The summed E-state index contributed by atoms with van der Waals surface area (Å²) in [5, 5.41) is 0. The van der Waals surface area contributed by atoms with Crippen molar-refractivity contribution in [3.8, 4) is 0 Å². The molecular formula is C7H18F6NOP. The van der Waals surface area contributed by atoms with Gasteiger partial charge in [0.15, 0.2) is 6.23 Å². The average Bonchev–Trinajstić information content (AvgIpc) is 1.77. The van der Waals surface area contributed by atoms with Crippen molar-refractivity contribution >= 4 is 7.81 Å². The summed E-state index contributed by atoms with van der Waals surface area (Å²) in [5.74, 6) is 0. The van der Waals surface area contributed by atoms with Crippen LogP contribution >= 0.6 is 7.81 Å². The molecule has 0 amide bonds. The maximum atomic E-state index is 9.87. The molecule has 104 valence electrons. The molecule has 1 unspecified atom stereocenters. The number of rotatable bonds is 3. The van der Waals surface area contributed by atoms with E-state index in [4.69, 9.17) is 4.74 Å². The molecule has 9 heteroatoms. The summed E-state index contributed by atoms with van der Waals surface area (Å²) in [7, 11) is -4.28. The van der Waals surface area contributed by atoms with E-state index >= 15 is 0 Å². The van der Waals surface area contributed by atoms with Crippen LogP contribution in [-0.4, -0.2) is 38.5 Å². The third-order valence-electron chi connectivity index (χ3n) is 1.50. The Labute approximate surface area is 91.0 Å². The molecule has 0 saturated heterocycles. The van der Waals surface area contributed by atoms with Gasteiger partial charge in [-0.2, -0.15) is 0 Å². The van der Waals surface area contributed by atoms with Crippen molar-refractivity contribution in [3.05, 3.63) is 0 Å². The quantitative estimate of drug-likeness (QED) is 0.320. The molecule has 0 aromatic heterocycles. The first-order chi connectivity index (χ1) is 6.43. The van der Waals surface area contributed by atoms with Gasteiger partial charge in [0.2, 0.25) is 0 Å². The van der Waals surface area contributed by atoms with Gasteiger partial charge < -0.3 is 9.22 Å². The molecule has 1 atom stereocenters. The van der Waals surface area contributed by atoms with Crippen LogP contribution in [0.25, 0.3) is 0 Å². The van der Waals surface area contributed by atoms with Crippen LogP contribution in [0.2, 0.25) is 0 Å². The third-order valence-corrected chi connectivity index (χ3v) is 1.50. The molecule has 0 rings (SSSR count). The average molecular weight is 277 g/mol. The van der Waals surface area contributed by atoms with Crippen molar-refractivity contribution in [1.29, 1.82) is 0 Å². The van der Waals surface area contributed by atoms with E-state index < -0.39 is 7.81 Å². The monoisotopic (exact) mass is 277 g/mol. The van der Waals surface area contributed by atoms with Crippen LogP contribution in [0.15, 0.2) is 0 Å². The van der Waals surface area contributed by atoms with Gasteiger partial charge in [-0.1, -0.05) is 0 Å². The first-order valence-corrected chi connectivity index (χ1v) is 6.45. The number of halogens is 6. The second kappa shape index (κ2) is 4.31. The van der Waals surface area contributed by atoms with Crippen LogP contribution in [0, 0.1) is 0 Å². The molecule has 0 heterocycles. The minimum absolute atomic E-state index is 0.301. The fourth-order valence-electron chi connectivity index (χ4n) is 0.465. The van der Waals surface area contributed by atoms with Crippen molar-refractivity contribution in [2.45, 2.75) is 20.1 Å². The van der Waals surface area contributed by atoms with E-state index in [2.05, 4.69) is 28.1 Å². The molecule has 0 N–H and O–H groups in total. The van der Waals surface area contributed by atoms with Crippen LogP contribution in [0.4, 0.5) is 25.2 Å². The summed E-state index contributed by atoms with van der Waals surface area (Å²) >= 11 is 0. The molecule has 0 fully saturated rings. The number of hydrogen-bond donors (Lipinski definition) is 0. The zero-order valence-electron chi connectivity index (χ0n) is 9.85. The molecule has 0 spiro atoms. The van der Waals surface area contributed by atoms with Gasteiger partial charge in [0.1, 0.15) is 0 Å². The molecule has 0 saturated carbocycles. The zero-order valence-corrected chi connectivity index (χ0v) is 10.7. The SMILES string of the molecule is CCOC(C)[N+](C)(C)C.F[P-](F)(F)(F)(F)F. The molecule has 0 bridgehead atoms. The van der Waals surface area contributed by atoms with Crippen LogP contribution in [-0.2, 0) is 4.74 Å². The van der Waals surface area contributed by atoms with Crippen molar-refractivity contribution < 1.29 is 34.4 Å². The topological polar surface area (TPSA) is 9.23 Å². The maximum absolute atomic E-state index is 10.7. The molecule has 16 heavy (non-hydrogen) atoms. The van der Waals surface area contributed by atoms with Crippen molar-refractivity contribution in [1.82, 2.24) is 0 Å². The minimum atomic E-state index is -10.7. The predicted molar refractivity (Wildman–Crippen MR) is 52.7 cm³/mol. The molecular weight excluding hydrogens is 259 g/mol. The number of ether oxygens (including phenoxy) is 1. The van der Waals surface area contributed by atoms with Gasteiger partial charge in [-0.3, -0.25) is 0 Å². The Morgan fingerprint density at radius 3 is 1.31 bits per heavy atom. The number of hydrogen-bond acceptors (Lipinski definition) is 1.